The minimum absolute atomic E-state index is 0.114. The zero-order valence-corrected chi connectivity index (χ0v) is 13.6. The van der Waals surface area contributed by atoms with Gasteiger partial charge in [0.25, 0.3) is 0 Å². The molecule has 1 aliphatic carbocycles. The Morgan fingerprint density at radius 3 is 2.90 bits per heavy atom. The van der Waals surface area contributed by atoms with Gasteiger partial charge in [-0.3, -0.25) is 4.79 Å². The average molecular weight is 348 g/mol. The van der Waals surface area contributed by atoms with Gasteiger partial charge in [0.2, 0.25) is 5.91 Å². The molecule has 0 aliphatic heterocycles. The van der Waals surface area contributed by atoms with Crippen LogP contribution in [0, 0.1) is 5.92 Å². The molecule has 1 N–H and O–H groups in total. The topological polar surface area (TPSA) is 46.9 Å². The summed E-state index contributed by atoms with van der Waals surface area (Å²) in [7, 11) is 0. The van der Waals surface area contributed by atoms with Crippen LogP contribution >= 0.6 is 15.9 Å². The minimum Gasteiger partial charge on any atom is -0.346 e. The summed E-state index contributed by atoms with van der Waals surface area (Å²) >= 11 is 3.42. The number of hydrogen-bond acceptors (Lipinski definition) is 2. The van der Waals surface area contributed by atoms with Crippen LogP contribution in [0.5, 0.6) is 0 Å². The largest absolute Gasteiger partial charge is 0.346 e. The third-order valence-corrected chi connectivity index (χ3v) is 3.96. The van der Waals surface area contributed by atoms with Crippen molar-refractivity contribution in [2.45, 2.75) is 32.4 Å². The highest BCUT2D eigenvalue weighted by atomic mass is 79.9. The number of carbonyl (C=O) groups excluding carboxylic acids is 1. The first-order chi connectivity index (χ1) is 10.1. The third kappa shape index (κ3) is 3.02. The lowest BCUT2D eigenvalue weighted by Gasteiger charge is -2.16. The highest BCUT2D eigenvalue weighted by molar-refractivity contribution is 9.11. The first-order valence-corrected chi connectivity index (χ1v) is 7.94. The molecule has 0 bridgehead atoms. The Bertz CT molecular complexity index is 703. The first-order valence-electron chi connectivity index (χ1n) is 7.15. The van der Waals surface area contributed by atoms with E-state index in [2.05, 4.69) is 37.4 Å². The molecule has 0 saturated heterocycles. The fourth-order valence-electron chi connectivity index (χ4n) is 2.50. The summed E-state index contributed by atoms with van der Waals surface area (Å²) in [5, 5.41) is 3.07. The molecule has 21 heavy (non-hydrogen) atoms. The number of aromatic nitrogens is 2. The summed E-state index contributed by atoms with van der Waals surface area (Å²) < 4.78 is 2.98. The molecule has 1 saturated carbocycles. The second-order valence-corrected chi connectivity index (χ2v) is 6.69. The van der Waals surface area contributed by atoms with Crippen LogP contribution in [0.2, 0.25) is 0 Å². The maximum absolute atomic E-state index is 12.0. The van der Waals surface area contributed by atoms with Gasteiger partial charge in [0, 0.05) is 10.4 Å². The molecule has 1 aromatic carbocycles. The molecule has 0 spiro atoms. The van der Waals surface area contributed by atoms with Crippen molar-refractivity contribution in [3.63, 3.8) is 0 Å². The van der Waals surface area contributed by atoms with E-state index in [9.17, 15) is 4.79 Å². The Morgan fingerprint density at radius 2 is 2.24 bits per heavy atom. The number of benzene rings is 1. The number of hydrogen-bond donors (Lipinski definition) is 1. The van der Waals surface area contributed by atoms with Gasteiger partial charge in [-0.25, -0.2) is 4.98 Å². The molecular weight excluding hydrogens is 330 g/mol. The van der Waals surface area contributed by atoms with Crippen molar-refractivity contribution >= 4 is 32.9 Å². The number of halogens is 1. The zero-order valence-electron chi connectivity index (χ0n) is 12.0. The Hall–Kier alpha value is -1.62. The fourth-order valence-corrected chi connectivity index (χ4v) is 2.75. The lowest BCUT2D eigenvalue weighted by Crippen LogP contribution is -2.29. The molecule has 1 unspecified atom stereocenters. The summed E-state index contributed by atoms with van der Waals surface area (Å²) in [5.41, 5.74) is 1.99. The van der Waals surface area contributed by atoms with E-state index >= 15 is 0 Å². The molecule has 5 heteroatoms. The predicted molar refractivity (Wildman–Crippen MR) is 87.1 cm³/mol. The lowest BCUT2D eigenvalue weighted by atomic mass is 10.2. The molecule has 1 amide bonds. The standard InChI is InChI=1S/C16H18BrN3O/c1-10(17)9-20-14-6-4-3-5-13(14)19-15(20)11(2)18-16(21)12-7-8-12/h3-6,11-12H,1,7-9H2,2H3,(H,18,21). The average Bonchev–Trinajstić information content (AvgIpc) is 3.22. The van der Waals surface area contributed by atoms with Crippen molar-refractivity contribution in [3.05, 3.63) is 41.2 Å². The van der Waals surface area contributed by atoms with Crippen molar-refractivity contribution in [3.8, 4) is 0 Å². The smallest absolute Gasteiger partial charge is 0.223 e. The normalized spacial score (nSPS) is 15.9. The van der Waals surface area contributed by atoms with E-state index in [0.717, 1.165) is 34.2 Å². The van der Waals surface area contributed by atoms with Crippen LogP contribution in [-0.4, -0.2) is 15.5 Å². The number of carbonyl (C=O) groups is 1. The van der Waals surface area contributed by atoms with Gasteiger partial charge in [-0.2, -0.15) is 0 Å². The molecule has 1 aliphatic rings. The van der Waals surface area contributed by atoms with Gasteiger partial charge in [0.15, 0.2) is 0 Å². The van der Waals surface area contributed by atoms with Crippen molar-refractivity contribution in [1.82, 2.24) is 14.9 Å². The van der Waals surface area contributed by atoms with E-state index < -0.39 is 0 Å². The van der Waals surface area contributed by atoms with Gasteiger partial charge in [-0.15, -0.1) is 0 Å². The Labute approximate surface area is 132 Å². The summed E-state index contributed by atoms with van der Waals surface area (Å²) in [5.74, 6) is 1.21. The van der Waals surface area contributed by atoms with E-state index in [1.54, 1.807) is 0 Å². The number of nitrogens with zero attached hydrogens (tertiary/aromatic N) is 2. The highest BCUT2D eigenvalue weighted by Crippen LogP contribution is 2.30. The Morgan fingerprint density at radius 1 is 1.52 bits per heavy atom. The summed E-state index contributed by atoms with van der Waals surface area (Å²) in [4.78, 5) is 16.6. The van der Waals surface area contributed by atoms with Crippen molar-refractivity contribution in [1.29, 1.82) is 0 Å². The molecular formula is C16H18BrN3O. The molecule has 1 aromatic heterocycles. The molecule has 4 nitrogen and oxygen atoms in total. The Kier molecular flexibility index (Phi) is 3.85. The maximum Gasteiger partial charge on any atom is 0.223 e. The summed E-state index contributed by atoms with van der Waals surface area (Å²) in [6.07, 6.45) is 2.01. The van der Waals surface area contributed by atoms with Crippen LogP contribution in [-0.2, 0) is 11.3 Å². The quantitative estimate of drug-likeness (QED) is 0.899. The van der Waals surface area contributed by atoms with Crippen LogP contribution < -0.4 is 5.32 Å². The van der Waals surface area contributed by atoms with Crippen molar-refractivity contribution < 1.29 is 4.79 Å². The Balaban J connectivity index is 1.95. The molecule has 110 valence electrons. The number of imidazole rings is 1. The summed E-state index contributed by atoms with van der Waals surface area (Å²) in [6, 6.07) is 7.88. The van der Waals surface area contributed by atoms with E-state index in [-0.39, 0.29) is 17.9 Å². The monoisotopic (exact) mass is 347 g/mol. The number of para-hydroxylation sites is 2. The number of nitrogens with one attached hydrogen (secondary N) is 1. The van der Waals surface area contributed by atoms with E-state index in [4.69, 9.17) is 0 Å². The third-order valence-electron chi connectivity index (χ3n) is 3.71. The van der Waals surface area contributed by atoms with Gasteiger partial charge in [0.05, 0.1) is 23.6 Å². The van der Waals surface area contributed by atoms with Crippen LogP contribution in [0.15, 0.2) is 35.3 Å². The second kappa shape index (κ2) is 5.64. The number of rotatable bonds is 5. The van der Waals surface area contributed by atoms with E-state index in [1.807, 2.05) is 31.2 Å². The lowest BCUT2D eigenvalue weighted by molar-refractivity contribution is -0.123. The minimum atomic E-state index is -0.114. The van der Waals surface area contributed by atoms with Crippen molar-refractivity contribution in [2.24, 2.45) is 5.92 Å². The number of amides is 1. The van der Waals surface area contributed by atoms with E-state index in [0.29, 0.717) is 6.54 Å². The van der Waals surface area contributed by atoms with Crippen molar-refractivity contribution in [2.75, 3.05) is 0 Å². The first kappa shape index (κ1) is 14.3. The van der Waals surface area contributed by atoms with Crippen LogP contribution in [0.3, 0.4) is 0 Å². The fraction of sp³-hybridized carbons (Fsp3) is 0.375. The predicted octanol–water partition coefficient (Wildman–Crippen LogP) is 3.53. The van der Waals surface area contributed by atoms with Crippen LogP contribution in [0.25, 0.3) is 11.0 Å². The van der Waals surface area contributed by atoms with Gasteiger partial charge in [-0.1, -0.05) is 34.6 Å². The highest BCUT2D eigenvalue weighted by Gasteiger charge is 2.31. The molecule has 1 fully saturated rings. The van der Waals surface area contributed by atoms with Gasteiger partial charge in [-0.05, 0) is 31.9 Å². The maximum atomic E-state index is 12.0. The van der Waals surface area contributed by atoms with Gasteiger partial charge >= 0.3 is 0 Å². The molecule has 1 heterocycles. The van der Waals surface area contributed by atoms with Gasteiger partial charge < -0.3 is 9.88 Å². The molecule has 3 rings (SSSR count). The van der Waals surface area contributed by atoms with Crippen LogP contribution in [0.4, 0.5) is 0 Å². The van der Waals surface area contributed by atoms with Gasteiger partial charge in [0.1, 0.15) is 5.82 Å². The molecule has 0 radical (unpaired) electrons. The zero-order chi connectivity index (χ0) is 15.0. The molecule has 2 aromatic rings. The number of fused-ring (bicyclic) bond motifs is 1. The summed E-state index contributed by atoms with van der Waals surface area (Å²) in [6.45, 7) is 6.54. The SMILES string of the molecule is C=C(Br)Cn1c(C(C)NC(=O)C2CC2)nc2ccccc21. The van der Waals surface area contributed by atoms with Crippen LogP contribution in [0.1, 0.15) is 31.6 Å². The number of allylic oxidation sites excluding steroid dienone is 1. The second-order valence-electron chi connectivity index (χ2n) is 5.57. The molecule has 1 atom stereocenters. The van der Waals surface area contributed by atoms with E-state index in [1.165, 1.54) is 0 Å².